The van der Waals surface area contributed by atoms with E-state index in [9.17, 15) is 22.0 Å². The summed E-state index contributed by atoms with van der Waals surface area (Å²) in [5, 5.41) is 11.1. The molecule has 0 aliphatic heterocycles. The Kier molecular flexibility index (Phi) is 7.41. The lowest BCUT2D eigenvalue weighted by Crippen LogP contribution is -2.39. The van der Waals surface area contributed by atoms with Crippen LogP contribution in [0.4, 0.5) is 8.78 Å². The number of hydrogen-bond acceptors (Lipinski definition) is 5. The smallest absolute Gasteiger partial charge is 0.288 e. The zero-order valence-electron chi connectivity index (χ0n) is 14.0. The number of benzene rings is 1. The van der Waals surface area contributed by atoms with Crippen molar-refractivity contribution in [2.75, 3.05) is 12.3 Å². The largest absolute Gasteiger partial charge is 0.343 e. The SMILES string of the molecule is N#CCNC(=O)[C@@H]1CCCC[C@H]1CS(=O)(=O)c1ccc(SC(F)F)cc1. The van der Waals surface area contributed by atoms with E-state index in [2.05, 4.69) is 5.32 Å². The standard InChI is InChI=1S/C17H20F2N2O3S2/c18-17(19)25-13-5-7-14(8-6-13)26(23,24)11-12-3-1-2-4-15(12)16(22)21-10-9-20/h5-8,12,15,17H,1-4,10-11H2,(H,21,22)/t12-,15+/m0/s1. The fourth-order valence-corrected chi connectivity index (χ4v) is 5.42. The van der Waals surface area contributed by atoms with Crippen molar-refractivity contribution in [3.63, 3.8) is 0 Å². The van der Waals surface area contributed by atoms with Crippen LogP contribution in [0.2, 0.25) is 0 Å². The van der Waals surface area contributed by atoms with Crippen LogP contribution in [0.3, 0.4) is 0 Å². The van der Waals surface area contributed by atoms with Crippen molar-refractivity contribution in [3.8, 4) is 6.07 Å². The molecule has 142 valence electrons. The molecule has 0 bridgehead atoms. The van der Waals surface area contributed by atoms with Crippen LogP contribution in [0.1, 0.15) is 25.7 Å². The predicted octanol–water partition coefficient (Wildman–Crippen LogP) is 3.22. The summed E-state index contributed by atoms with van der Waals surface area (Å²) in [6, 6.07) is 7.22. The summed E-state index contributed by atoms with van der Waals surface area (Å²) in [7, 11) is -3.63. The van der Waals surface area contributed by atoms with Crippen LogP contribution in [-0.2, 0) is 14.6 Å². The van der Waals surface area contributed by atoms with E-state index in [0.29, 0.717) is 29.5 Å². The van der Waals surface area contributed by atoms with Crippen LogP contribution in [0.15, 0.2) is 34.1 Å². The van der Waals surface area contributed by atoms with Crippen molar-refractivity contribution < 1.29 is 22.0 Å². The fraction of sp³-hybridized carbons (Fsp3) is 0.529. The maximum atomic E-state index is 12.7. The molecule has 1 fully saturated rings. The van der Waals surface area contributed by atoms with Gasteiger partial charge in [-0.3, -0.25) is 4.79 Å². The van der Waals surface area contributed by atoms with E-state index in [1.165, 1.54) is 24.3 Å². The van der Waals surface area contributed by atoms with Gasteiger partial charge in [0.2, 0.25) is 5.91 Å². The minimum Gasteiger partial charge on any atom is -0.343 e. The van der Waals surface area contributed by atoms with Crippen LogP contribution < -0.4 is 5.32 Å². The topological polar surface area (TPSA) is 87.0 Å². The Labute approximate surface area is 156 Å². The maximum Gasteiger partial charge on any atom is 0.288 e. The van der Waals surface area contributed by atoms with E-state index in [0.717, 1.165) is 12.8 Å². The van der Waals surface area contributed by atoms with Crippen molar-refractivity contribution in [2.45, 2.75) is 41.2 Å². The minimum absolute atomic E-state index is 0.0675. The number of sulfone groups is 1. The van der Waals surface area contributed by atoms with Gasteiger partial charge in [0, 0.05) is 10.8 Å². The number of alkyl halides is 2. The lowest BCUT2D eigenvalue weighted by atomic mass is 9.80. The quantitative estimate of drug-likeness (QED) is 0.559. The summed E-state index contributed by atoms with van der Waals surface area (Å²) in [5.41, 5.74) is 0. The Morgan fingerprint density at radius 2 is 1.92 bits per heavy atom. The average Bonchev–Trinajstić information content (AvgIpc) is 2.59. The third-order valence-corrected chi connectivity index (χ3v) is 7.01. The lowest BCUT2D eigenvalue weighted by Gasteiger charge is -2.30. The van der Waals surface area contributed by atoms with Crippen molar-refractivity contribution in [2.24, 2.45) is 11.8 Å². The number of halogens is 2. The first-order valence-corrected chi connectivity index (χ1v) is 10.8. The number of carbonyl (C=O) groups excluding carboxylic acids is 1. The Bertz CT molecular complexity index is 761. The summed E-state index contributed by atoms with van der Waals surface area (Å²) in [4.78, 5) is 12.6. The van der Waals surface area contributed by atoms with Gasteiger partial charge in [0.05, 0.1) is 16.7 Å². The second-order valence-electron chi connectivity index (χ2n) is 6.16. The van der Waals surface area contributed by atoms with Gasteiger partial charge in [-0.05, 0) is 43.0 Å². The second kappa shape index (κ2) is 9.33. The van der Waals surface area contributed by atoms with Crippen molar-refractivity contribution in [1.82, 2.24) is 5.32 Å². The summed E-state index contributed by atoms with van der Waals surface area (Å²) >= 11 is 0.358. The molecule has 1 saturated carbocycles. The monoisotopic (exact) mass is 402 g/mol. The third kappa shape index (κ3) is 5.68. The summed E-state index contributed by atoms with van der Waals surface area (Å²) < 4.78 is 50.1. The first-order chi connectivity index (χ1) is 12.3. The molecule has 1 N–H and O–H groups in total. The van der Waals surface area contributed by atoms with Gasteiger partial charge < -0.3 is 5.32 Å². The molecular weight excluding hydrogens is 382 g/mol. The number of nitrogens with one attached hydrogen (secondary N) is 1. The van der Waals surface area contributed by atoms with E-state index in [1.807, 2.05) is 6.07 Å². The van der Waals surface area contributed by atoms with Crippen molar-refractivity contribution >= 4 is 27.5 Å². The van der Waals surface area contributed by atoms with Gasteiger partial charge in [-0.15, -0.1) is 0 Å². The zero-order valence-corrected chi connectivity index (χ0v) is 15.7. The Hall–Kier alpha value is -1.66. The average molecular weight is 402 g/mol. The normalized spacial score (nSPS) is 20.5. The van der Waals surface area contributed by atoms with Crippen molar-refractivity contribution in [1.29, 1.82) is 5.26 Å². The third-order valence-electron chi connectivity index (χ3n) is 4.43. The molecule has 2 rings (SSSR count). The van der Waals surface area contributed by atoms with Gasteiger partial charge in [-0.1, -0.05) is 24.6 Å². The van der Waals surface area contributed by atoms with Crippen LogP contribution in [0.5, 0.6) is 0 Å². The van der Waals surface area contributed by atoms with E-state index in [4.69, 9.17) is 5.26 Å². The molecule has 0 unspecified atom stereocenters. The van der Waals surface area contributed by atoms with Gasteiger partial charge in [0.15, 0.2) is 9.84 Å². The summed E-state index contributed by atoms with van der Waals surface area (Å²) in [5.74, 6) is -3.76. The summed E-state index contributed by atoms with van der Waals surface area (Å²) in [6.07, 6.45) is 2.93. The summed E-state index contributed by atoms with van der Waals surface area (Å²) in [6.45, 7) is -0.0991. The molecule has 9 heteroatoms. The Morgan fingerprint density at radius 1 is 1.27 bits per heavy atom. The van der Waals surface area contributed by atoms with Crippen molar-refractivity contribution in [3.05, 3.63) is 24.3 Å². The van der Waals surface area contributed by atoms with Gasteiger partial charge in [0.1, 0.15) is 6.54 Å². The van der Waals surface area contributed by atoms with Crippen LogP contribution in [-0.4, -0.2) is 32.4 Å². The molecule has 1 aliphatic rings. The maximum absolute atomic E-state index is 12.7. The molecule has 1 aromatic carbocycles. The molecule has 1 amide bonds. The molecule has 26 heavy (non-hydrogen) atoms. The molecule has 0 spiro atoms. The number of hydrogen-bond donors (Lipinski definition) is 1. The van der Waals surface area contributed by atoms with E-state index < -0.39 is 21.5 Å². The zero-order chi connectivity index (χ0) is 19.2. The second-order valence-corrected chi connectivity index (χ2v) is 9.26. The highest BCUT2D eigenvalue weighted by Crippen LogP contribution is 2.33. The van der Waals surface area contributed by atoms with E-state index in [-0.39, 0.29) is 29.0 Å². The van der Waals surface area contributed by atoms with Crippen LogP contribution in [0, 0.1) is 23.2 Å². The minimum atomic E-state index is -3.63. The number of thioether (sulfide) groups is 1. The number of nitriles is 1. The van der Waals surface area contributed by atoms with Gasteiger partial charge in [0.25, 0.3) is 5.76 Å². The highest BCUT2D eigenvalue weighted by atomic mass is 32.2. The van der Waals surface area contributed by atoms with Gasteiger partial charge >= 0.3 is 0 Å². The van der Waals surface area contributed by atoms with Gasteiger partial charge in [-0.2, -0.15) is 14.0 Å². The molecule has 0 saturated heterocycles. The number of rotatable bonds is 7. The highest BCUT2D eigenvalue weighted by Gasteiger charge is 2.34. The van der Waals surface area contributed by atoms with Gasteiger partial charge in [-0.25, -0.2) is 8.42 Å². The molecule has 1 aliphatic carbocycles. The lowest BCUT2D eigenvalue weighted by molar-refractivity contribution is -0.127. The number of carbonyl (C=O) groups is 1. The first kappa shape index (κ1) is 20.6. The van der Waals surface area contributed by atoms with Crippen LogP contribution in [0.25, 0.3) is 0 Å². The Morgan fingerprint density at radius 3 is 2.54 bits per heavy atom. The van der Waals surface area contributed by atoms with Crippen LogP contribution >= 0.6 is 11.8 Å². The molecule has 1 aromatic rings. The molecule has 2 atom stereocenters. The molecular formula is C17H20F2N2O3S2. The highest BCUT2D eigenvalue weighted by molar-refractivity contribution is 7.99. The van der Waals surface area contributed by atoms with E-state index in [1.54, 1.807) is 0 Å². The first-order valence-electron chi connectivity index (χ1n) is 8.26. The fourth-order valence-electron chi connectivity index (χ4n) is 3.22. The number of amides is 1. The molecule has 0 aromatic heterocycles. The predicted molar refractivity (Wildman–Crippen MR) is 94.4 cm³/mol. The van der Waals surface area contributed by atoms with E-state index >= 15 is 0 Å². The number of nitrogens with zero attached hydrogens (tertiary/aromatic N) is 1. The molecule has 5 nitrogen and oxygen atoms in total. The molecule has 0 heterocycles. The molecule has 0 radical (unpaired) electrons. The Balaban J connectivity index is 2.10.